The van der Waals surface area contributed by atoms with Crippen LogP contribution in [0.15, 0.2) is 36.9 Å². The summed E-state index contributed by atoms with van der Waals surface area (Å²) in [6, 6.07) is 7.02. The van der Waals surface area contributed by atoms with Crippen molar-refractivity contribution in [3.8, 4) is 5.75 Å². The molecule has 4 heteroatoms. The lowest BCUT2D eigenvalue weighted by atomic mass is 10.1. The summed E-state index contributed by atoms with van der Waals surface area (Å²) in [5, 5.41) is 2.64. The molecular weight excluding hydrogens is 254 g/mol. The highest BCUT2D eigenvalue weighted by Crippen LogP contribution is 2.14. The Morgan fingerprint density at radius 2 is 1.95 bits per heavy atom. The van der Waals surface area contributed by atoms with E-state index in [9.17, 15) is 9.59 Å². The number of hydrogen-bond acceptors (Lipinski definition) is 3. The molecule has 0 aliphatic heterocycles. The first-order valence-corrected chi connectivity index (χ1v) is 6.81. The van der Waals surface area contributed by atoms with Gasteiger partial charge in [-0.05, 0) is 30.7 Å². The highest BCUT2D eigenvalue weighted by Gasteiger charge is 2.09. The van der Waals surface area contributed by atoms with Crippen LogP contribution in [-0.2, 0) is 4.79 Å². The van der Waals surface area contributed by atoms with Crippen LogP contribution in [-0.4, -0.2) is 24.8 Å². The van der Waals surface area contributed by atoms with E-state index in [1.807, 2.05) is 6.92 Å². The Hall–Kier alpha value is -2.10. The van der Waals surface area contributed by atoms with Crippen LogP contribution in [0.25, 0.3) is 0 Å². The zero-order chi connectivity index (χ0) is 14.8. The number of rotatable bonds is 9. The van der Waals surface area contributed by atoms with Gasteiger partial charge in [-0.2, -0.15) is 0 Å². The minimum atomic E-state index is -0.138. The van der Waals surface area contributed by atoms with E-state index in [0.29, 0.717) is 18.7 Å². The zero-order valence-electron chi connectivity index (χ0n) is 11.9. The monoisotopic (exact) mass is 275 g/mol. The van der Waals surface area contributed by atoms with Crippen LogP contribution < -0.4 is 10.1 Å². The fourth-order valence-electron chi connectivity index (χ4n) is 1.60. The summed E-state index contributed by atoms with van der Waals surface area (Å²) in [5.41, 5.74) is 0.602. The predicted molar refractivity (Wildman–Crippen MR) is 79.0 cm³/mol. The number of ether oxygens (including phenoxy) is 1. The van der Waals surface area contributed by atoms with Gasteiger partial charge in [0.25, 0.3) is 0 Å². The maximum Gasteiger partial charge on any atom is 0.220 e. The molecule has 4 nitrogen and oxygen atoms in total. The molecule has 1 rings (SSSR count). The first-order valence-electron chi connectivity index (χ1n) is 6.81. The average Bonchev–Trinajstić information content (AvgIpc) is 2.49. The van der Waals surface area contributed by atoms with E-state index in [-0.39, 0.29) is 24.5 Å². The quantitative estimate of drug-likeness (QED) is 0.557. The molecule has 0 aliphatic rings. The second kappa shape index (κ2) is 8.91. The Morgan fingerprint density at radius 3 is 2.55 bits per heavy atom. The van der Waals surface area contributed by atoms with Crippen LogP contribution in [0, 0.1) is 0 Å². The molecule has 1 aromatic rings. The van der Waals surface area contributed by atoms with Gasteiger partial charge in [0.15, 0.2) is 5.78 Å². The van der Waals surface area contributed by atoms with Crippen LogP contribution >= 0.6 is 0 Å². The van der Waals surface area contributed by atoms with Crippen LogP contribution in [0.4, 0.5) is 0 Å². The molecule has 0 aliphatic carbocycles. The Morgan fingerprint density at radius 1 is 1.25 bits per heavy atom. The SMILES string of the molecule is C=CCNC(=O)CCC(=O)c1ccc(OCCC)cc1. The van der Waals surface area contributed by atoms with E-state index in [0.717, 1.165) is 12.2 Å². The van der Waals surface area contributed by atoms with Crippen molar-refractivity contribution in [2.75, 3.05) is 13.2 Å². The average molecular weight is 275 g/mol. The molecule has 0 unspecified atom stereocenters. The van der Waals surface area contributed by atoms with Gasteiger partial charge < -0.3 is 10.1 Å². The normalized spacial score (nSPS) is 9.85. The van der Waals surface area contributed by atoms with E-state index in [2.05, 4.69) is 11.9 Å². The highest BCUT2D eigenvalue weighted by atomic mass is 16.5. The van der Waals surface area contributed by atoms with Crippen molar-refractivity contribution >= 4 is 11.7 Å². The first-order chi connectivity index (χ1) is 9.67. The smallest absolute Gasteiger partial charge is 0.220 e. The van der Waals surface area contributed by atoms with Gasteiger partial charge in [-0.1, -0.05) is 13.0 Å². The third-order valence-corrected chi connectivity index (χ3v) is 2.67. The summed E-state index contributed by atoms with van der Waals surface area (Å²) in [4.78, 5) is 23.3. The minimum absolute atomic E-state index is 0.0409. The van der Waals surface area contributed by atoms with E-state index >= 15 is 0 Å². The molecule has 0 radical (unpaired) electrons. The zero-order valence-corrected chi connectivity index (χ0v) is 11.9. The van der Waals surface area contributed by atoms with Crippen molar-refractivity contribution in [3.05, 3.63) is 42.5 Å². The number of amides is 1. The van der Waals surface area contributed by atoms with Gasteiger partial charge in [0.2, 0.25) is 5.91 Å². The molecule has 0 heterocycles. The molecule has 0 fully saturated rings. The molecule has 0 bridgehead atoms. The molecule has 0 aromatic heterocycles. The number of carbonyl (C=O) groups is 2. The third kappa shape index (κ3) is 5.69. The van der Waals surface area contributed by atoms with Crippen LogP contribution in [0.3, 0.4) is 0 Å². The third-order valence-electron chi connectivity index (χ3n) is 2.67. The van der Waals surface area contributed by atoms with Crippen molar-refractivity contribution in [3.63, 3.8) is 0 Å². The second-order valence-corrected chi connectivity index (χ2v) is 4.39. The van der Waals surface area contributed by atoms with Crippen molar-refractivity contribution in [2.24, 2.45) is 0 Å². The lowest BCUT2D eigenvalue weighted by molar-refractivity contribution is -0.120. The molecule has 0 atom stereocenters. The maximum atomic E-state index is 11.9. The molecule has 1 amide bonds. The fourth-order valence-corrected chi connectivity index (χ4v) is 1.60. The summed E-state index contributed by atoms with van der Waals surface area (Å²) >= 11 is 0. The van der Waals surface area contributed by atoms with Gasteiger partial charge in [0.1, 0.15) is 5.75 Å². The Balaban J connectivity index is 2.43. The van der Waals surface area contributed by atoms with Gasteiger partial charge in [0, 0.05) is 24.9 Å². The van der Waals surface area contributed by atoms with E-state index in [1.165, 1.54) is 0 Å². The summed E-state index contributed by atoms with van der Waals surface area (Å²) in [6.45, 7) is 6.64. The van der Waals surface area contributed by atoms with Crippen molar-refractivity contribution in [1.29, 1.82) is 0 Å². The van der Waals surface area contributed by atoms with Gasteiger partial charge in [-0.15, -0.1) is 6.58 Å². The Labute approximate surface area is 119 Å². The molecule has 1 aromatic carbocycles. The Kier molecular flexibility index (Phi) is 7.11. The summed E-state index contributed by atoms with van der Waals surface area (Å²) in [6.07, 6.45) is 2.95. The largest absolute Gasteiger partial charge is 0.494 e. The first kappa shape index (κ1) is 16.0. The molecule has 1 N–H and O–H groups in total. The molecule has 0 saturated heterocycles. The standard InChI is InChI=1S/C16H21NO3/c1-3-11-17-16(19)10-9-15(18)13-5-7-14(8-6-13)20-12-4-2/h3,5-8H,1,4,9-12H2,2H3,(H,17,19). The van der Waals surface area contributed by atoms with Crippen molar-refractivity contribution in [2.45, 2.75) is 26.2 Å². The summed E-state index contributed by atoms with van der Waals surface area (Å²) in [7, 11) is 0. The lowest BCUT2D eigenvalue weighted by Crippen LogP contribution is -2.23. The minimum Gasteiger partial charge on any atom is -0.494 e. The second-order valence-electron chi connectivity index (χ2n) is 4.39. The number of carbonyl (C=O) groups excluding carboxylic acids is 2. The van der Waals surface area contributed by atoms with Gasteiger partial charge in [0.05, 0.1) is 6.61 Å². The van der Waals surface area contributed by atoms with Gasteiger partial charge in [-0.3, -0.25) is 9.59 Å². The maximum absolute atomic E-state index is 11.9. The van der Waals surface area contributed by atoms with Gasteiger partial charge >= 0.3 is 0 Å². The van der Waals surface area contributed by atoms with Crippen LogP contribution in [0.2, 0.25) is 0 Å². The van der Waals surface area contributed by atoms with Crippen molar-refractivity contribution in [1.82, 2.24) is 5.32 Å². The molecule has 0 saturated carbocycles. The number of benzene rings is 1. The number of hydrogen-bond donors (Lipinski definition) is 1. The molecule has 108 valence electrons. The summed E-state index contributed by atoms with van der Waals surface area (Å²) < 4.78 is 5.45. The van der Waals surface area contributed by atoms with E-state index in [4.69, 9.17) is 4.74 Å². The molecule has 0 spiro atoms. The highest BCUT2D eigenvalue weighted by molar-refractivity contribution is 5.98. The number of nitrogens with one attached hydrogen (secondary N) is 1. The fraction of sp³-hybridized carbons (Fsp3) is 0.375. The molecule has 20 heavy (non-hydrogen) atoms. The Bertz CT molecular complexity index is 451. The van der Waals surface area contributed by atoms with Crippen molar-refractivity contribution < 1.29 is 14.3 Å². The molecular formula is C16H21NO3. The summed E-state index contributed by atoms with van der Waals surface area (Å²) in [5.74, 6) is 0.578. The number of Topliss-reactive ketones (excluding diaryl/α,β-unsaturated/α-hetero) is 1. The topological polar surface area (TPSA) is 55.4 Å². The number of ketones is 1. The predicted octanol–water partition coefficient (Wildman–Crippen LogP) is 2.74. The lowest BCUT2D eigenvalue weighted by Gasteiger charge is -2.06. The van der Waals surface area contributed by atoms with Gasteiger partial charge in [-0.25, -0.2) is 0 Å². The van der Waals surface area contributed by atoms with Crippen LogP contribution in [0.5, 0.6) is 5.75 Å². The van der Waals surface area contributed by atoms with Crippen LogP contribution in [0.1, 0.15) is 36.5 Å². The van der Waals surface area contributed by atoms with E-state index in [1.54, 1.807) is 30.3 Å². The van der Waals surface area contributed by atoms with E-state index < -0.39 is 0 Å².